The van der Waals surface area contributed by atoms with Crippen molar-refractivity contribution in [2.45, 2.75) is 17.9 Å². The van der Waals surface area contributed by atoms with Crippen molar-refractivity contribution in [3.63, 3.8) is 0 Å². The normalized spacial score (nSPS) is 24.7. The lowest BCUT2D eigenvalue weighted by Crippen LogP contribution is -2.35. The Labute approximate surface area is 155 Å². The van der Waals surface area contributed by atoms with Gasteiger partial charge in [-0.1, -0.05) is 64.5 Å². The van der Waals surface area contributed by atoms with Crippen molar-refractivity contribution in [1.29, 1.82) is 0 Å². The Bertz CT molecular complexity index is 1150. The van der Waals surface area contributed by atoms with Crippen LogP contribution >= 0.6 is 15.9 Å². The first-order valence-electron chi connectivity index (χ1n) is 8.82. The fourth-order valence-electron chi connectivity index (χ4n) is 5.48. The molecular formula is C23H17BrO. The zero-order chi connectivity index (χ0) is 16.8. The first-order chi connectivity index (χ1) is 12.3. The van der Waals surface area contributed by atoms with Gasteiger partial charge in [-0.05, 0) is 61.9 Å². The molecule has 122 valence electrons. The van der Waals surface area contributed by atoms with Crippen LogP contribution in [0.25, 0.3) is 27.6 Å². The van der Waals surface area contributed by atoms with Gasteiger partial charge in [-0.15, -0.1) is 0 Å². The van der Waals surface area contributed by atoms with E-state index in [2.05, 4.69) is 70.6 Å². The Hall–Kier alpha value is -1.90. The largest absolute Gasteiger partial charge is 0.373 e. The predicted molar refractivity (Wildman–Crippen MR) is 108 cm³/mol. The third kappa shape index (κ3) is 1.46. The van der Waals surface area contributed by atoms with E-state index in [1.165, 1.54) is 49.4 Å². The van der Waals surface area contributed by atoms with E-state index in [0.717, 1.165) is 11.8 Å². The highest BCUT2D eigenvalue weighted by molar-refractivity contribution is 9.09. The molecule has 2 unspecified atom stereocenters. The van der Waals surface area contributed by atoms with Crippen LogP contribution in [-0.4, -0.2) is 12.4 Å². The molecule has 0 fully saturated rings. The molecule has 3 aliphatic rings. The van der Waals surface area contributed by atoms with Gasteiger partial charge in [-0.25, -0.2) is 0 Å². The Balaban J connectivity index is 1.93. The Morgan fingerprint density at radius 3 is 2.44 bits per heavy atom. The molecule has 3 aliphatic carbocycles. The van der Waals surface area contributed by atoms with Crippen LogP contribution in [0.5, 0.6) is 0 Å². The fourth-order valence-corrected chi connectivity index (χ4v) is 6.07. The van der Waals surface area contributed by atoms with Gasteiger partial charge in [0.25, 0.3) is 0 Å². The standard InChI is InChI=1S/C23H17BrO/c1-25-18-12-16-8-6-15-5-4-13-2-3-14-7-9-17(18)22-20(14)19(13)21(15)23(16,22)10-11-24/h2-9,12,18H,10-11H2,1H3. The summed E-state index contributed by atoms with van der Waals surface area (Å²) in [5.74, 6) is 0. The molecule has 0 saturated heterocycles. The van der Waals surface area contributed by atoms with Gasteiger partial charge in [0.15, 0.2) is 0 Å². The highest BCUT2D eigenvalue weighted by Gasteiger charge is 2.50. The number of hydrogen-bond acceptors (Lipinski definition) is 1. The fraction of sp³-hybridized carbons (Fsp3) is 0.217. The van der Waals surface area contributed by atoms with E-state index < -0.39 is 0 Å². The average molecular weight is 389 g/mol. The van der Waals surface area contributed by atoms with E-state index in [0.29, 0.717) is 0 Å². The number of hydrogen-bond donors (Lipinski definition) is 0. The maximum Gasteiger partial charge on any atom is 0.101 e. The smallest absolute Gasteiger partial charge is 0.101 e. The number of methoxy groups -OCH3 is 1. The first-order valence-corrected chi connectivity index (χ1v) is 9.94. The number of allylic oxidation sites excluding steroid dienone is 2. The highest BCUT2D eigenvalue weighted by atomic mass is 79.9. The Morgan fingerprint density at radius 2 is 1.68 bits per heavy atom. The summed E-state index contributed by atoms with van der Waals surface area (Å²) in [4.78, 5) is 0. The zero-order valence-electron chi connectivity index (χ0n) is 14.0. The van der Waals surface area contributed by atoms with Crippen molar-refractivity contribution in [2.75, 3.05) is 12.4 Å². The van der Waals surface area contributed by atoms with Crippen LogP contribution < -0.4 is 0 Å². The van der Waals surface area contributed by atoms with Gasteiger partial charge in [0.1, 0.15) is 6.10 Å². The van der Waals surface area contributed by atoms with Crippen molar-refractivity contribution in [1.82, 2.24) is 0 Å². The van der Waals surface area contributed by atoms with Gasteiger partial charge in [0.2, 0.25) is 0 Å². The van der Waals surface area contributed by atoms with Crippen molar-refractivity contribution in [3.05, 3.63) is 76.4 Å². The van der Waals surface area contributed by atoms with Crippen LogP contribution in [0.4, 0.5) is 0 Å². The van der Waals surface area contributed by atoms with Gasteiger partial charge >= 0.3 is 0 Å². The molecule has 3 aromatic rings. The van der Waals surface area contributed by atoms with Crippen LogP contribution in [0.3, 0.4) is 0 Å². The van der Waals surface area contributed by atoms with Gasteiger partial charge < -0.3 is 4.74 Å². The summed E-state index contributed by atoms with van der Waals surface area (Å²) in [7, 11) is 1.82. The summed E-state index contributed by atoms with van der Waals surface area (Å²) >= 11 is 3.75. The second-order valence-electron chi connectivity index (χ2n) is 7.28. The SMILES string of the molecule is COC1C=C2C=Cc3ccc4ccc5ccc1c1c5c4c3C21CCBr. The van der Waals surface area contributed by atoms with Crippen LogP contribution in [0.15, 0.2) is 54.1 Å². The third-order valence-corrected chi connectivity index (χ3v) is 6.78. The van der Waals surface area contributed by atoms with Crippen LogP contribution in [0, 0.1) is 0 Å². The quantitative estimate of drug-likeness (QED) is 0.393. The molecule has 6 rings (SSSR count). The Kier molecular flexibility index (Phi) is 2.65. The summed E-state index contributed by atoms with van der Waals surface area (Å²) in [6.45, 7) is 0. The highest BCUT2D eigenvalue weighted by Crippen LogP contribution is 2.61. The first kappa shape index (κ1) is 14.3. The minimum atomic E-state index is -0.0271. The van der Waals surface area contributed by atoms with E-state index >= 15 is 0 Å². The monoisotopic (exact) mass is 388 g/mol. The molecule has 0 radical (unpaired) electrons. The lowest BCUT2D eigenvalue weighted by Gasteiger charge is -2.42. The maximum atomic E-state index is 5.87. The van der Waals surface area contributed by atoms with E-state index in [4.69, 9.17) is 4.74 Å². The minimum Gasteiger partial charge on any atom is -0.373 e. The van der Waals surface area contributed by atoms with Gasteiger partial charge in [-0.2, -0.15) is 0 Å². The molecule has 0 spiro atoms. The van der Waals surface area contributed by atoms with Crippen molar-refractivity contribution in [3.8, 4) is 0 Å². The van der Waals surface area contributed by atoms with Gasteiger partial charge in [-0.3, -0.25) is 0 Å². The number of benzene rings is 3. The minimum absolute atomic E-state index is 0.0271. The summed E-state index contributed by atoms with van der Waals surface area (Å²) in [6, 6.07) is 13.7. The molecule has 0 aromatic heterocycles. The molecule has 0 amide bonds. The average Bonchev–Trinajstić information content (AvgIpc) is 2.96. The third-order valence-electron chi connectivity index (χ3n) is 6.38. The van der Waals surface area contributed by atoms with E-state index in [1.807, 2.05) is 7.11 Å². The number of rotatable bonds is 3. The second kappa shape index (κ2) is 4.63. The van der Waals surface area contributed by atoms with Crippen molar-refractivity contribution in [2.24, 2.45) is 0 Å². The molecule has 0 heterocycles. The molecule has 0 aliphatic heterocycles. The second-order valence-corrected chi connectivity index (χ2v) is 8.07. The zero-order valence-corrected chi connectivity index (χ0v) is 15.6. The molecule has 0 saturated carbocycles. The molecule has 1 nitrogen and oxygen atoms in total. The lowest BCUT2D eigenvalue weighted by atomic mass is 9.62. The topological polar surface area (TPSA) is 9.23 Å². The molecular weight excluding hydrogens is 372 g/mol. The summed E-state index contributed by atoms with van der Waals surface area (Å²) in [5, 5.41) is 6.59. The summed E-state index contributed by atoms with van der Waals surface area (Å²) in [5.41, 5.74) is 7.09. The Morgan fingerprint density at radius 1 is 0.960 bits per heavy atom. The number of ether oxygens (including phenoxy) is 1. The van der Waals surface area contributed by atoms with Gasteiger partial charge in [0, 0.05) is 17.9 Å². The van der Waals surface area contributed by atoms with E-state index in [1.54, 1.807) is 0 Å². The van der Waals surface area contributed by atoms with Crippen LogP contribution in [-0.2, 0) is 10.2 Å². The summed E-state index contributed by atoms with van der Waals surface area (Å²) in [6.07, 6.45) is 8.05. The molecule has 0 N–H and O–H groups in total. The molecule has 25 heavy (non-hydrogen) atoms. The van der Waals surface area contributed by atoms with Gasteiger partial charge in [0.05, 0.1) is 0 Å². The van der Waals surface area contributed by atoms with E-state index in [-0.39, 0.29) is 11.5 Å². The van der Waals surface area contributed by atoms with E-state index in [9.17, 15) is 0 Å². The van der Waals surface area contributed by atoms with Crippen LogP contribution in [0.2, 0.25) is 0 Å². The summed E-state index contributed by atoms with van der Waals surface area (Å²) < 4.78 is 5.87. The van der Waals surface area contributed by atoms with Crippen molar-refractivity contribution < 1.29 is 4.74 Å². The predicted octanol–water partition coefficient (Wildman–Crippen LogP) is 6.03. The molecule has 2 heteroatoms. The number of alkyl halides is 1. The van der Waals surface area contributed by atoms with Crippen LogP contribution in [0.1, 0.15) is 34.8 Å². The number of halogens is 1. The molecule has 3 aromatic carbocycles. The molecule has 2 atom stereocenters. The lowest BCUT2D eigenvalue weighted by molar-refractivity contribution is 0.137. The maximum absolute atomic E-state index is 5.87. The van der Waals surface area contributed by atoms with Crippen molar-refractivity contribution >= 4 is 43.6 Å². The molecule has 0 bridgehead atoms.